The number of rotatable bonds is 13. The second-order valence-corrected chi connectivity index (χ2v) is 13.2. The van der Waals surface area contributed by atoms with Crippen molar-refractivity contribution in [1.29, 1.82) is 0 Å². The zero-order chi connectivity index (χ0) is 31.1. The number of carbonyl (C=O) groups is 1. The Bertz CT molecular complexity index is 1840. The maximum Gasteiger partial charge on any atom is 0.251 e. The lowest BCUT2D eigenvalue weighted by Crippen LogP contribution is -2.26. The molecule has 0 aliphatic heterocycles. The van der Waals surface area contributed by atoms with Crippen LogP contribution in [0.3, 0.4) is 0 Å². The van der Waals surface area contributed by atoms with Gasteiger partial charge in [-0.15, -0.1) is 0 Å². The van der Waals surface area contributed by atoms with E-state index >= 15 is 0 Å². The van der Waals surface area contributed by atoms with E-state index in [1.54, 1.807) is 12.1 Å². The van der Waals surface area contributed by atoms with Crippen LogP contribution >= 0.6 is 0 Å². The topological polar surface area (TPSA) is 91.1 Å². The van der Waals surface area contributed by atoms with Crippen LogP contribution in [0.25, 0.3) is 22.2 Å². The van der Waals surface area contributed by atoms with Crippen LogP contribution in [-0.4, -0.2) is 25.9 Å². The van der Waals surface area contributed by atoms with Crippen LogP contribution < -0.4 is 10.0 Å². The van der Waals surface area contributed by atoms with Crippen LogP contribution in [0.5, 0.6) is 0 Å². The number of aryl methyl sites for hydroxylation is 3. The molecule has 5 rings (SSSR count). The minimum atomic E-state index is -3.64. The van der Waals surface area contributed by atoms with Crippen molar-refractivity contribution >= 4 is 26.8 Å². The Hall–Kier alpha value is -4.20. The second kappa shape index (κ2) is 14.1. The molecule has 0 aliphatic rings. The average Bonchev–Trinajstić information content (AvgIpc) is 3.39. The maximum atomic E-state index is 13.1. The highest BCUT2D eigenvalue weighted by atomic mass is 32.2. The molecule has 0 radical (unpaired) electrons. The second-order valence-electron chi connectivity index (χ2n) is 11.5. The number of carbonyl (C=O) groups excluding carboxylic acids is 1. The van der Waals surface area contributed by atoms with Gasteiger partial charge in [0.15, 0.2) is 0 Å². The number of para-hydroxylation sites is 1. The summed E-state index contributed by atoms with van der Waals surface area (Å²) in [5, 5.41) is 4.07. The molecule has 0 fully saturated rings. The van der Waals surface area contributed by atoms with E-state index in [1.807, 2.05) is 60.7 Å². The van der Waals surface area contributed by atoms with Gasteiger partial charge >= 0.3 is 0 Å². The zero-order valence-electron chi connectivity index (χ0n) is 25.7. The highest BCUT2D eigenvalue weighted by molar-refractivity contribution is 7.89. The van der Waals surface area contributed by atoms with Gasteiger partial charge in [0.05, 0.1) is 4.90 Å². The van der Waals surface area contributed by atoms with Crippen LogP contribution in [0.15, 0.2) is 95.9 Å². The average molecular weight is 608 g/mol. The molecule has 0 saturated heterocycles. The van der Waals surface area contributed by atoms with Crippen LogP contribution in [0.1, 0.15) is 64.4 Å². The van der Waals surface area contributed by atoms with E-state index in [9.17, 15) is 13.2 Å². The summed E-state index contributed by atoms with van der Waals surface area (Å²) in [5.41, 5.74) is 9.06. The molecule has 0 unspecified atom stereocenters. The van der Waals surface area contributed by atoms with Gasteiger partial charge in [-0.05, 0) is 91.3 Å². The van der Waals surface area contributed by atoms with Gasteiger partial charge in [-0.2, -0.15) is 0 Å². The Labute approximate surface area is 261 Å². The van der Waals surface area contributed by atoms with E-state index in [2.05, 4.69) is 54.0 Å². The van der Waals surface area contributed by atoms with Gasteiger partial charge in [-0.3, -0.25) is 4.79 Å². The first-order valence-electron chi connectivity index (χ1n) is 15.4. The number of aromatic amines is 1. The van der Waals surface area contributed by atoms with Crippen LogP contribution in [0, 0.1) is 13.8 Å². The number of aromatic nitrogens is 1. The molecule has 0 spiro atoms. The summed E-state index contributed by atoms with van der Waals surface area (Å²) >= 11 is 0. The molecular weight excluding hydrogens is 566 g/mol. The minimum absolute atomic E-state index is 0.128. The first-order chi connectivity index (χ1) is 21.2. The van der Waals surface area contributed by atoms with Crippen molar-refractivity contribution in [3.63, 3.8) is 0 Å². The highest BCUT2D eigenvalue weighted by Crippen LogP contribution is 2.31. The Morgan fingerprint density at radius 3 is 2.32 bits per heavy atom. The highest BCUT2D eigenvalue weighted by Gasteiger charge is 2.17. The predicted octanol–water partition coefficient (Wildman–Crippen LogP) is 7.64. The number of benzene rings is 4. The zero-order valence-corrected chi connectivity index (χ0v) is 26.6. The summed E-state index contributed by atoms with van der Waals surface area (Å²) in [6.07, 6.45) is 4.91. The molecule has 7 heteroatoms. The fourth-order valence-electron chi connectivity index (χ4n) is 5.62. The molecule has 44 heavy (non-hydrogen) atoms. The summed E-state index contributed by atoms with van der Waals surface area (Å²) in [5.74, 6) is -0.128. The van der Waals surface area contributed by atoms with Gasteiger partial charge in [0.25, 0.3) is 5.91 Å². The molecule has 3 N–H and O–H groups in total. The third-order valence-electron chi connectivity index (χ3n) is 8.16. The Balaban J connectivity index is 1.27. The molecule has 1 aromatic heterocycles. The first kappa shape index (κ1) is 31.2. The normalized spacial score (nSPS) is 11.6. The molecule has 0 atom stereocenters. The van der Waals surface area contributed by atoms with Gasteiger partial charge in [-0.1, -0.05) is 86.0 Å². The molecule has 228 valence electrons. The van der Waals surface area contributed by atoms with Gasteiger partial charge in [0.1, 0.15) is 0 Å². The molecule has 5 aromatic rings. The molecule has 0 bridgehead atoms. The van der Waals surface area contributed by atoms with Gasteiger partial charge in [0, 0.05) is 35.2 Å². The Morgan fingerprint density at radius 1 is 0.841 bits per heavy atom. The third-order valence-corrected chi connectivity index (χ3v) is 9.63. The number of fused-ring (bicyclic) bond motifs is 1. The summed E-state index contributed by atoms with van der Waals surface area (Å²) < 4.78 is 28.9. The summed E-state index contributed by atoms with van der Waals surface area (Å²) in [4.78, 5) is 16.7. The van der Waals surface area contributed by atoms with Crippen molar-refractivity contribution in [2.24, 2.45) is 0 Å². The van der Waals surface area contributed by atoms with E-state index < -0.39 is 10.0 Å². The number of hydrogen-bond acceptors (Lipinski definition) is 3. The van der Waals surface area contributed by atoms with Crippen molar-refractivity contribution in [3.05, 3.63) is 124 Å². The summed E-state index contributed by atoms with van der Waals surface area (Å²) in [6.45, 7) is 7.01. The van der Waals surface area contributed by atoms with E-state index in [-0.39, 0.29) is 17.3 Å². The van der Waals surface area contributed by atoms with E-state index in [0.717, 1.165) is 63.7 Å². The number of nitrogens with one attached hydrogen (secondary N) is 3. The smallest absolute Gasteiger partial charge is 0.251 e. The molecule has 1 amide bonds. The van der Waals surface area contributed by atoms with Crippen molar-refractivity contribution in [1.82, 2.24) is 15.0 Å². The standard InChI is InChI=1S/C37H41N3O3S/c1-4-5-6-9-28-13-20-32(21-14-28)44(42,43)39-23-22-34-33-10-7-8-11-35(33)40-36(34)29-16-18-30(19-17-29)37(41)38-25-31-15-12-26(2)24-27(31)3/h7-8,10-21,24,39-40H,4-6,9,22-23,25H2,1-3H3,(H,38,41). The Kier molecular flexibility index (Phi) is 9.98. The third kappa shape index (κ3) is 7.47. The largest absolute Gasteiger partial charge is 0.354 e. The lowest BCUT2D eigenvalue weighted by atomic mass is 10.0. The van der Waals surface area contributed by atoms with Crippen molar-refractivity contribution < 1.29 is 13.2 Å². The number of sulfonamides is 1. The Morgan fingerprint density at radius 2 is 1.59 bits per heavy atom. The molecule has 0 aliphatic carbocycles. The van der Waals surface area contributed by atoms with Crippen LogP contribution in [0.4, 0.5) is 0 Å². The molecule has 1 heterocycles. The van der Waals surface area contributed by atoms with Gasteiger partial charge < -0.3 is 10.3 Å². The van der Waals surface area contributed by atoms with Crippen LogP contribution in [0.2, 0.25) is 0 Å². The quantitative estimate of drug-likeness (QED) is 0.120. The van der Waals surface area contributed by atoms with Crippen molar-refractivity contribution in [2.45, 2.75) is 64.3 Å². The molecule has 0 saturated carbocycles. The number of hydrogen-bond donors (Lipinski definition) is 3. The van der Waals surface area contributed by atoms with Crippen molar-refractivity contribution in [3.8, 4) is 11.3 Å². The van der Waals surface area contributed by atoms with Crippen LogP contribution in [-0.2, 0) is 29.4 Å². The maximum absolute atomic E-state index is 13.1. The molecular formula is C37H41N3O3S. The monoisotopic (exact) mass is 607 g/mol. The number of amides is 1. The van der Waals surface area contributed by atoms with E-state index in [4.69, 9.17) is 0 Å². The predicted molar refractivity (Wildman–Crippen MR) is 179 cm³/mol. The number of unbranched alkanes of at least 4 members (excludes halogenated alkanes) is 2. The minimum Gasteiger partial charge on any atom is -0.354 e. The fraction of sp³-hybridized carbons (Fsp3) is 0.270. The molecule has 4 aromatic carbocycles. The first-order valence-corrected chi connectivity index (χ1v) is 16.9. The fourth-order valence-corrected chi connectivity index (χ4v) is 6.66. The SMILES string of the molecule is CCCCCc1ccc(S(=O)(=O)NCCc2c(-c3ccc(C(=O)NCc4ccc(C)cc4C)cc3)[nH]c3ccccc23)cc1. The lowest BCUT2D eigenvalue weighted by Gasteiger charge is -2.11. The van der Waals surface area contributed by atoms with E-state index in [1.165, 1.54) is 12.0 Å². The lowest BCUT2D eigenvalue weighted by molar-refractivity contribution is 0.0951. The van der Waals surface area contributed by atoms with Crippen molar-refractivity contribution in [2.75, 3.05) is 6.54 Å². The van der Waals surface area contributed by atoms with Gasteiger partial charge in [0.2, 0.25) is 10.0 Å². The summed E-state index contributed by atoms with van der Waals surface area (Å²) in [7, 11) is -3.64. The van der Waals surface area contributed by atoms with E-state index in [0.29, 0.717) is 18.5 Å². The molecule has 6 nitrogen and oxygen atoms in total. The summed E-state index contributed by atoms with van der Waals surface area (Å²) in [6, 6.07) is 29.0. The van der Waals surface area contributed by atoms with Gasteiger partial charge in [-0.25, -0.2) is 13.1 Å². The number of H-pyrrole nitrogens is 1.